The minimum absolute atomic E-state index is 0.0117. The van der Waals surface area contributed by atoms with Crippen molar-refractivity contribution in [3.8, 4) is 0 Å². The van der Waals surface area contributed by atoms with E-state index in [9.17, 15) is 9.59 Å². The highest BCUT2D eigenvalue weighted by atomic mass is 16.5. The Morgan fingerprint density at radius 3 is 3.05 bits per heavy atom. The fraction of sp³-hybridized carbons (Fsp3) is 0.500. The third kappa shape index (κ3) is 2.31. The van der Waals surface area contributed by atoms with Gasteiger partial charge in [-0.2, -0.15) is 0 Å². The summed E-state index contributed by atoms with van der Waals surface area (Å²) < 4.78 is 5.20. The number of fused-ring (bicyclic) bond motifs is 2. The lowest BCUT2D eigenvalue weighted by Crippen LogP contribution is -2.52. The quantitative estimate of drug-likeness (QED) is 0.917. The summed E-state index contributed by atoms with van der Waals surface area (Å²) in [7, 11) is 0. The zero-order valence-corrected chi connectivity index (χ0v) is 12.2. The average Bonchev–Trinajstić information content (AvgIpc) is 2.77. The van der Waals surface area contributed by atoms with E-state index in [2.05, 4.69) is 5.32 Å². The highest BCUT2D eigenvalue weighted by Crippen LogP contribution is 2.43. The number of rotatable bonds is 3. The molecule has 1 unspecified atom stereocenters. The Morgan fingerprint density at radius 1 is 1.43 bits per heavy atom. The van der Waals surface area contributed by atoms with Crippen molar-refractivity contribution in [2.75, 3.05) is 31.6 Å². The van der Waals surface area contributed by atoms with Gasteiger partial charge in [0.2, 0.25) is 11.8 Å². The van der Waals surface area contributed by atoms with Gasteiger partial charge in [0.1, 0.15) is 6.61 Å². The number of amides is 2. The fourth-order valence-electron chi connectivity index (χ4n) is 3.33. The molecule has 1 saturated heterocycles. The molecule has 2 aliphatic rings. The van der Waals surface area contributed by atoms with Gasteiger partial charge in [-0.25, -0.2) is 0 Å². The average molecular weight is 288 g/mol. The van der Waals surface area contributed by atoms with Crippen LogP contribution in [0.25, 0.3) is 0 Å². The zero-order valence-electron chi connectivity index (χ0n) is 12.2. The molecule has 0 bridgehead atoms. The van der Waals surface area contributed by atoms with Gasteiger partial charge in [0.15, 0.2) is 0 Å². The van der Waals surface area contributed by atoms with E-state index in [1.54, 1.807) is 4.90 Å². The van der Waals surface area contributed by atoms with Crippen molar-refractivity contribution in [3.63, 3.8) is 0 Å². The minimum Gasteiger partial charge on any atom is -0.372 e. The van der Waals surface area contributed by atoms with Crippen LogP contribution in [0.4, 0.5) is 5.69 Å². The van der Waals surface area contributed by atoms with E-state index >= 15 is 0 Å². The highest BCUT2D eigenvalue weighted by Gasteiger charge is 2.49. The maximum absolute atomic E-state index is 12.5. The molecule has 0 aromatic heterocycles. The van der Waals surface area contributed by atoms with Gasteiger partial charge in [-0.15, -0.1) is 0 Å². The molecular weight excluding hydrogens is 268 g/mol. The molecule has 1 aromatic rings. The molecule has 21 heavy (non-hydrogen) atoms. The zero-order chi connectivity index (χ0) is 14.9. The largest absolute Gasteiger partial charge is 0.372 e. The van der Waals surface area contributed by atoms with E-state index in [1.165, 1.54) is 0 Å². The smallest absolute Gasteiger partial charge is 0.248 e. The van der Waals surface area contributed by atoms with Gasteiger partial charge in [-0.3, -0.25) is 9.59 Å². The van der Waals surface area contributed by atoms with Crippen LogP contribution >= 0.6 is 0 Å². The lowest BCUT2D eigenvalue weighted by atomic mass is 9.75. The molecule has 1 N–H and O–H groups in total. The molecule has 0 saturated carbocycles. The summed E-state index contributed by atoms with van der Waals surface area (Å²) in [5.41, 5.74) is 1.31. The maximum atomic E-state index is 12.5. The van der Waals surface area contributed by atoms with E-state index in [4.69, 9.17) is 4.74 Å². The van der Waals surface area contributed by atoms with E-state index in [0.29, 0.717) is 19.7 Å². The molecule has 5 nitrogen and oxygen atoms in total. The summed E-state index contributed by atoms with van der Waals surface area (Å²) in [6.07, 6.45) is 1.62. The molecule has 2 heterocycles. The van der Waals surface area contributed by atoms with Crippen LogP contribution in [0.1, 0.15) is 25.3 Å². The first-order chi connectivity index (χ1) is 10.2. The summed E-state index contributed by atoms with van der Waals surface area (Å²) in [6.45, 7) is 3.63. The Morgan fingerprint density at radius 2 is 2.24 bits per heavy atom. The van der Waals surface area contributed by atoms with Crippen LogP contribution in [0.15, 0.2) is 24.3 Å². The van der Waals surface area contributed by atoms with E-state index in [0.717, 1.165) is 24.1 Å². The fourth-order valence-corrected chi connectivity index (χ4v) is 3.33. The number of piperidine rings is 1. The van der Waals surface area contributed by atoms with Gasteiger partial charge >= 0.3 is 0 Å². The number of benzene rings is 1. The third-order valence-corrected chi connectivity index (χ3v) is 4.40. The topological polar surface area (TPSA) is 58.6 Å². The number of ether oxygens (including phenoxy) is 1. The van der Waals surface area contributed by atoms with Crippen LogP contribution in [0, 0.1) is 0 Å². The second kappa shape index (κ2) is 5.48. The van der Waals surface area contributed by atoms with E-state index in [1.807, 2.05) is 31.2 Å². The molecule has 5 heteroatoms. The number of para-hydroxylation sites is 1. The Kier molecular flexibility index (Phi) is 3.68. The number of anilines is 1. The van der Waals surface area contributed by atoms with Crippen molar-refractivity contribution in [1.29, 1.82) is 0 Å². The second-order valence-corrected chi connectivity index (χ2v) is 5.64. The number of nitrogens with zero attached hydrogens (tertiary/aromatic N) is 1. The van der Waals surface area contributed by atoms with Crippen molar-refractivity contribution >= 4 is 17.5 Å². The van der Waals surface area contributed by atoms with Gasteiger partial charge in [-0.05, 0) is 31.4 Å². The normalized spacial score (nSPS) is 24.0. The van der Waals surface area contributed by atoms with E-state index in [-0.39, 0.29) is 18.4 Å². The van der Waals surface area contributed by atoms with Crippen LogP contribution in [0.3, 0.4) is 0 Å². The molecule has 112 valence electrons. The summed E-state index contributed by atoms with van der Waals surface area (Å²) in [6, 6.07) is 7.77. The minimum atomic E-state index is -0.587. The Labute approximate surface area is 124 Å². The first-order valence-electron chi connectivity index (χ1n) is 7.44. The molecule has 2 aliphatic heterocycles. The number of likely N-dealkylation sites (tertiary alicyclic amines) is 1. The van der Waals surface area contributed by atoms with Gasteiger partial charge in [0.05, 0.1) is 5.41 Å². The van der Waals surface area contributed by atoms with E-state index < -0.39 is 5.41 Å². The van der Waals surface area contributed by atoms with Gasteiger partial charge in [0, 0.05) is 25.4 Å². The second-order valence-electron chi connectivity index (χ2n) is 5.64. The molecule has 0 radical (unpaired) electrons. The highest BCUT2D eigenvalue weighted by molar-refractivity contribution is 6.06. The Bertz CT molecular complexity index is 572. The molecule has 1 aromatic carbocycles. The Hall–Kier alpha value is -1.88. The first kappa shape index (κ1) is 14.1. The van der Waals surface area contributed by atoms with Gasteiger partial charge in [-0.1, -0.05) is 18.2 Å². The van der Waals surface area contributed by atoms with Crippen LogP contribution in [0.2, 0.25) is 0 Å². The first-order valence-corrected chi connectivity index (χ1v) is 7.44. The lowest BCUT2D eigenvalue weighted by Gasteiger charge is -2.39. The van der Waals surface area contributed by atoms with Crippen molar-refractivity contribution in [2.24, 2.45) is 0 Å². The molecule has 1 fully saturated rings. The number of nitrogens with one attached hydrogen (secondary N) is 1. The molecule has 3 rings (SSSR count). The van der Waals surface area contributed by atoms with Crippen LogP contribution in [-0.4, -0.2) is 43.0 Å². The standard InChI is InChI=1S/C16H20N2O3/c1-2-21-10-14(19)18-9-5-8-16(11-18)12-6-3-4-7-13(12)17-15(16)20/h3-4,6-7H,2,5,8-11H2,1H3,(H,17,20). The third-order valence-electron chi connectivity index (χ3n) is 4.40. The number of hydrogen-bond donors (Lipinski definition) is 1. The summed E-state index contributed by atoms with van der Waals surface area (Å²) in [4.78, 5) is 26.5. The molecule has 0 aliphatic carbocycles. The molecule has 1 atom stereocenters. The molecular formula is C16H20N2O3. The van der Waals surface area contributed by atoms with Crippen LogP contribution in [0.5, 0.6) is 0 Å². The predicted octanol–water partition coefficient (Wildman–Crippen LogP) is 1.54. The van der Waals surface area contributed by atoms with Gasteiger partial charge in [0.25, 0.3) is 0 Å². The molecule has 2 amide bonds. The predicted molar refractivity (Wildman–Crippen MR) is 79.1 cm³/mol. The monoisotopic (exact) mass is 288 g/mol. The van der Waals surface area contributed by atoms with Gasteiger partial charge < -0.3 is 15.0 Å². The molecule has 1 spiro atoms. The maximum Gasteiger partial charge on any atom is 0.248 e. The lowest BCUT2D eigenvalue weighted by molar-refractivity contribution is -0.139. The Balaban J connectivity index is 1.85. The number of carbonyl (C=O) groups excluding carboxylic acids is 2. The van der Waals surface area contributed by atoms with Crippen LogP contribution in [-0.2, 0) is 19.7 Å². The van der Waals surface area contributed by atoms with Crippen molar-refractivity contribution < 1.29 is 14.3 Å². The van der Waals surface area contributed by atoms with Crippen molar-refractivity contribution in [3.05, 3.63) is 29.8 Å². The van der Waals surface area contributed by atoms with Crippen molar-refractivity contribution in [2.45, 2.75) is 25.2 Å². The summed E-state index contributed by atoms with van der Waals surface area (Å²) in [5, 5.41) is 2.95. The van der Waals surface area contributed by atoms with Crippen molar-refractivity contribution in [1.82, 2.24) is 4.90 Å². The SMILES string of the molecule is CCOCC(=O)N1CCCC2(C1)C(=O)Nc1ccccc12. The van der Waals surface area contributed by atoms with Crippen LogP contribution < -0.4 is 5.32 Å². The number of carbonyl (C=O) groups is 2. The summed E-state index contributed by atoms with van der Waals surface area (Å²) in [5.74, 6) is -0.0225. The number of hydrogen-bond acceptors (Lipinski definition) is 3. The summed E-state index contributed by atoms with van der Waals surface area (Å²) >= 11 is 0.